The molecule has 0 saturated heterocycles. The van der Waals surface area contributed by atoms with Crippen molar-refractivity contribution in [2.75, 3.05) is 26.0 Å². The van der Waals surface area contributed by atoms with Crippen LogP contribution >= 0.6 is 0 Å². The van der Waals surface area contributed by atoms with Crippen LogP contribution in [0.5, 0.6) is 0 Å². The minimum atomic E-state index is -3.50. The van der Waals surface area contributed by atoms with Crippen molar-refractivity contribution in [3.05, 3.63) is 0 Å². The summed E-state index contributed by atoms with van der Waals surface area (Å²) >= 11 is 0. The lowest BCUT2D eigenvalue weighted by atomic mass is 10.2. The predicted molar refractivity (Wildman–Crippen MR) is 62.4 cm³/mol. The van der Waals surface area contributed by atoms with Crippen LogP contribution in [0.15, 0.2) is 0 Å². The van der Waals surface area contributed by atoms with E-state index in [1.54, 1.807) is 13.8 Å². The van der Waals surface area contributed by atoms with Crippen LogP contribution in [0.3, 0.4) is 0 Å². The number of nitriles is 1. The normalized spacial score (nSPS) is 13.1. The van der Waals surface area contributed by atoms with Gasteiger partial charge >= 0.3 is 5.97 Å². The molecule has 0 aliphatic heterocycles. The van der Waals surface area contributed by atoms with Crippen LogP contribution in [-0.4, -0.2) is 44.6 Å². The average Bonchev–Trinajstić information content (AvgIpc) is 2.32. The summed E-state index contributed by atoms with van der Waals surface area (Å²) in [7, 11) is -2.29. The highest BCUT2D eigenvalue weighted by Crippen LogP contribution is 2.07. The summed E-state index contributed by atoms with van der Waals surface area (Å²) in [5.41, 5.74) is 0. The first-order valence-electron chi connectivity index (χ1n) is 5.31. The van der Waals surface area contributed by atoms with Gasteiger partial charge in [-0.05, 0) is 6.92 Å². The maximum atomic E-state index is 11.8. The number of sulfonamides is 1. The Bertz CT molecular complexity index is 386. The molecule has 1 unspecified atom stereocenters. The summed E-state index contributed by atoms with van der Waals surface area (Å²) in [4.78, 5) is 10.9. The van der Waals surface area contributed by atoms with E-state index in [-0.39, 0.29) is 31.2 Å². The fourth-order valence-electron chi connectivity index (χ4n) is 1.23. The lowest BCUT2D eigenvalue weighted by Gasteiger charge is -2.21. The second-order valence-corrected chi connectivity index (χ2v) is 5.71. The molecular formula is C10H18N2O4S. The third kappa shape index (κ3) is 5.65. The Hall–Kier alpha value is -1.13. The van der Waals surface area contributed by atoms with Gasteiger partial charge in [-0.15, -0.1) is 0 Å². The SMILES string of the molecule is CCN(CC(C)C#N)S(=O)(=O)CCC(=O)OC. The van der Waals surface area contributed by atoms with Crippen molar-refractivity contribution in [3.8, 4) is 6.07 Å². The fourth-order valence-corrected chi connectivity index (χ4v) is 2.76. The van der Waals surface area contributed by atoms with Crippen LogP contribution in [0.1, 0.15) is 20.3 Å². The second kappa shape index (κ2) is 7.25. The fraction of sp³-hybridized carbons (Fsp3) is 0.800. The Morgan fingerprint density at radius 1 is 1.53 bits per heavy atom. The number of esters is 1. The molecule has 6 nitrogen and oxygen atoms in total. The number of nitrogens with zero attached hydrogens (tertiary/aromatic N) is 2. The summed E-state index contributed by atoms with van der Waals surface area (Å²) < 4.78 is 29.3. The first kappa shape index (κ1) is 15.9. The maximum Gasteiger partial charge on any atom is 0.306 e. The molecule has 0 heterocycles. The zero-order chi connectivity index (χ0) is 13.5. The zero-order valence-corrected chi connectivity index (χ0v) is 11.2. The number of hydrogen-bond acceptors (Lipinski definition) is 5. The summed E-state index contributed by atoms with van der Waals surface area (Å²) in [5.74, 6) is -1.22. The first-order valence-corrected chi connectivity index (χ1v) is 6.92. The second-order valence-electron chi connectivity index (χ2n) is 3.62. The molecule has 0 radical (unpaired) electrons. The van der Waals surface area contributed by atoms with Crippen molar-refractivity contribution in [2.24, 2.45) is 5.92 Å². The molecule has 98 valence electrons. The van der Waals surface area contributed by atoms with Crippen molar-refractivity contribution in [2.45, 2.75) is 20.3 Å². The number of hydrogen-bond donors (Lipinski definition) is 0. The highest BCUT2D eigenvalue weighted by Gasteiger charge is 2.23. The number of ether oxygens (including phenoxy) is 1. The van der Waals surface area contributed by atoms with Gasteiger partial charge in [0.15, 0.2) is 0 Å². The van der Waals surface area contributed by atoms with Gasteiger partial charge in [-0.2, -0.15) is 5.26 Å². The molecule has 17 heavy (non-hydrogen) atoms. The molecule has 0 aromatic heterocycles. The quantitative estimate of drug-likeness (QED) is 0.618. The number of carbonyl (C=O) groups excluding carboxylic acids is 1. The van der Waals surface area contributed by atoms with Gasteiger partial charge in [0.05, 0.1) is 31.3 Å². The van der Waals surface area contributed by atoms with Crippen molar-refractivity contribution < 1.29 is 17.9 Å². The van der Waals surface area contributed by atoms with Gasteiger partial charge < -0.3 is 4.74 Å². The summed E-state index contributed by atoms with van der Waals surface area (Å²) in [6.45, 7) is 3.78. The van der Waals surface area contributed by atoms with Crippen LogP contribution < -0.4 is 0 Å². The third-order valence-corrected chi connectivity index (χ3v) is 4.15. The maximum absolute atomic E-state index is 11.8. The summed E-state index contributed by atoms with van der Waals surface area (Å²) in [5, 5.41) is 8.66. The van der Waals surface area contributed by atoms with E-state index in [9.17, 15) is 13.2 Å². The number of methoxy groups -OCH3 is 1. The molecule has 0 N–H and O–H groups in total. The van der Waals surface area contributed by atoms with Crippen LogP contribution in [0.2, 0.25) is 0 Å². The van der Waals surface area contributed by atoms with E-state index in [1.807, 2.05) is 6.07 Å². The Morgan fingerprint density at radius 3 is 2.53 bits per heavy atom. The molecule has 1 atom stereocenters. The van der Waals surface area contributed by atoms with Crippen LogP contribution in [0, 0.1) is 17.2 Å². The Kier molecular flexibility index (Phi) is 6.76. The summed E-state index contributed by atoms with van der Waals surface area (Å²) in [6, 6.07) is 1.98. The Labute approximate surface area is 102 Å². The standard InChI is InChI=1S/C10H18N2O4S/c1-4-12(8-9(2)7-11)17(14,15)6-5-10(13)16-3/h9H,4-6,8H2,1-3H3. The van der Waals surface area contributed by atoms with Crippen LogP contribution in [0.4, 0.5) is 0 Å². The van der Waals surface area contributed by atoms with E-state index in [1.165, 1.54) is 11.4 Å². The van der Waals surface area contributed by atoms with Crippen molar-refractivity contribution in [3.63, 3.8) is 0 Å². The lowest BCUT2D eigenvalue weighted by molar-refractivity contribution is -0.140. The molecule has 0 bridgehead atoms. The highest BCUT2D eigenvalue weighted by molar-refractivity contribution is 7.89. The van der Waals surface area contributed by atoms with Gasteiger partial charge in [0.1, 0.15) is 0 Å². The molecule has 0 aliphatic carbocycles. The molecule has 0 spiro atoms. The topological polar surface area (TPSA) is 87.5 Å². The van der Waals surface area contributed by atoms with Crippen LogP contribution in [-0.2, 0) is 19.6 Å². The molecule has 0 aromatic rings. The molecule has 0 aromatic carbocycles. The van der Waals surface area contributed by atoms with Gasteiger partial charge in [0, 0.05) is 13.1 Å². The van der Waals surface area contributed by atoms with Crippen molar-refractivity contribution >= 4 is 16.0 Å². The van der Waals surface area contributed by atoms with Crippen LogP contribution in [0.25, 0.3) is 0 Å². The monoisotopic (exact) mass is 262 g/mol. The molecular weight excluding hydrogens is 244 g/mol. The molecule has 0 rings (SSSR count). The van der Waals surface area contributed by atoms with Gasteiger partial charge in [0.25, 0.3) is 0 Å². The molecule has 0 saturated carbocycles. The number of rotatable bonds is 7. The lowest BCUT2D eigenvalue weighted by Crippen LogP contribution is -2.36. The van der Waals surface area contributed by atoms with E-state index in [0.29, 0.717) is 0 Å². The smallest absolute Gasteiger partial charge is 0.306 e. The van der Waals surface area contributed by atoms with Crippen molar-refractivity contribution in [1.82, 2.24) is 4.31 Å². The van der Waals surface area contributed by atoms with Gasteiger partial charge in [-0.3, -0.25) is 4.79 Å². The zero-order valence-electron chi connectivity index (χ0n) is 10.3. The molecule has 0 aliphatic rings. The molecule has 7 heteroatoms. The van der Waals surface area contributed by atoms with E-state index < -0.39 is 16.0 Å². The average molecular weight is 262 g/mol. The van der Waals surface area contributed by atoms with Gasteiger partial charge in [-0.25, -0.2) is 12.7 Å². The Balaban J connectivity index is 4.54. The minimum absolute atomic E-state index is 0.149. The van der Waals surface area contributed by atoms with Crippen molar-refractivity contribution in [1.29, 1.82) is 5.26 Å². The predicted octanol–water partition coefficient (Wildman–Crippen LogP) is 0.361. The van der Waals surface area contributed by atoms with E-state index in [2.05, 4.69) is 4.74 Å². The molecule has 0 fully saturated rings. The van der Waals surface area contributed by atoms with E-state index in [4.69, 9.17) is 5.26 Å². The van der Waals surface area contributed by atoms with Gasteiger partial charge in [-0.1, -0.05) is 6.92 Å². The van der Waals surface area contributed by atoms with E-state index in [0.717, 1.165) is 0 Å². The van der Waals surface area contributed by atoms with Gasteiger partial charge in [0.2, 0.25) is 10.0 Å². The van der Waals surface area contributed by atoms with E-state index >= 15 is 0 Å². The summed E-state index contributed by atoms with van der Waals surface area (Å²) in [6.07, 6.45) is -0.170. The molecule has 0 amide bonds. The highest BCUT2D eigenvalue weighted by atomic mass is 32.2. The largest absolute Gasteiger partial charge is 0.469 e. The third-order valence-electron chi connectivity index (χ3n) is 2.24. The number of carbonyl (C=O) groups is 1. The Morgan fingerprint density at radius 2 is 2.12 bits per heavy atom. The minimum Gasteiger partial charge on any atom is -0.469 e. The first-order chi connectivity index (χ1) is 7.87.